The van der Waals surface area contributed by atoms with Crippen molar-refractivity contribution in [2.45, 2.75) is 12.7 Å². The molecule has 5 nitrogen and oxygen atoms in total. The number of nitrogen functional groups attached to an aromatic ring is 1. The molecule has 4 rings (SSSR count). The van der Waals surface area contributed by atoms with Crippen molar-refractivity contribution in [3.63, 3.8) is 0 Å². The largest absolute Gasteiger partial charge is 0.416 e. The second-order valence-corrected chi connectivity index (χ2v) is 6.39. The van der Waals surface area contributed by atoms with Crippen LogP contribution in [0.2, 0.25) is 0 Å². The predicted octanol–water partition coefficient (Wildman–Crippen LogP) is 4.75. The molecule has 2 heterocycles. The van der Waals surface area contributed by atoms with Gasteiger partial charge < -0.3 is 11.1 Å². The maximum Gasteiger partial charge on any atom is 0.416 e. The zero-order chi connectivity index (χ0) is 20.6. The molecule has 29 heavy (non-hydrogen) atoms. The first kappa shape index (κ1) is 18.7. The van der Waals surface area contributed by atoms with Crippen LogP contribution in [0, 0.1) is 5.82 Å². The van der Waals surface area contributed by atoms with Gasteiger partial charge in [0.1, 0.15) is 5.82 Å². The van der Waals surface area contributed by atoms with E-state index in [0.717, 1.165) is 29.0 Å². The number of rotatable bonds is 4. The highest BCUT2D eigenvalue weighted by Crippen LogP contribution is 2.32. The van der Waals surface area contributed by atoms with Gasteiger partial charge in [0.05, 0.1) is 16.9 Å². The van der Waals surface area contributed by atoms with Crippen LogP contribution < -0.4 is 11.1 Å². The molecule has 0 spiro atoms. The lowest BCUT2D eigenvalue weighted by Gasteiger charge is -2.12. The highest BCUT2D eigenvalue weighted by atomic mass is 19.4. The Labute approximate surface area is 162 Å². The van der Waals surface area contributed by atoms with Gasteiger partial charge in [0.15, 0.2) is 5.65 Å². The first-order chi connectivity index (χ1) is 13.8. The molecule has 4 aromatic rings. The van der Waals surface area contributed by atoms with E-state index in [9.17, 15) is 17.6 Å². The van der Waals surface area contributed by atoms with Gasteiger partial charge in [0.2, 0.25) is 5.95 Å². The van der Waals surface area contributed by atoms with E-state index in [2.05, 4.69) is 15.4 Å². The first-order valence-electron chi connectivity index (χ1n) is 8.62. The van der Waals surface area contributed by atoms with Crippen molar-refractivity contribution in [1.29, 1.82) is 0 Å². The van der Waals surface area contributed by atoms with E-state index in [1.165, 1.54) is 0 Å². The lowest BCUT2D eigenvalue weighted by Crippen LogP contribution is -2.08. The molecule has 0 aliphatic rings. The summed E-state index contributed by atoms with van der Waals surface area (Å²) in [5, 5.41) is 6.88. The number of nitrogens with one attached hydrogen (secondary N) is 1. The van der Waals surface area contributed by atoms with Gasteiger partial charge in [-0.15, -0.1) is 5.10 Å². The number of pyridine rings is 1. The molecule has 9 heteroatoms. The maximum atomic E-state index is 13.8. The Morgan fingerprint density at radius 2 is 1.76 bits per heavy atom. The molecule has 148 valence electrons. The second kappa shape index (κ2) is 7.08. The molecule has 0 unspecified atom stereocenters. The van der Waals surface area contributed by atoms with E-state index >= 15 is 0 Å². The van der Waals surface area contributed by atoms with Crippen LogP contribution in [0.5, 0.6) is 0 Å². The molecule has 0 radical (unpaired) electrons. The van der Waals surface area contributed by atoms with Crippen molar-refractivity contribution >= 4 is 17.3 Å². The van der Waals surface area contributed by atoms with Crippen LogP contribution in [0.3, 0.4) is 0 Å². The average molecular weight is 401 g/mol. The highest BCUT2D eigenvalue weighted by Gasteiger charge is 2.31. The van der Waals surface area contributed by atoms with Crippen LogP contribution in [0.1, 0.15) is 11.1 Å². The zero-order valence-corrected chi connectivity index (χ0v) is 14.9. The lowest BCUT2D eigenvalue weighted by atomic mass is 10.1. The minimum atomic E-state index is -4.53. The van der Waals surface area contributed by atoms with Gasteiger partial charge in [-0.1, -0.05) is 30.3 Å². The smallest absolute Gasteiger partial charge is 0.379 e. The molecule has 0 atom stereocenters. The Morgan fingerprint density at radius 3 is 2.48 bits per heavy atom. The molecule has 2 aromatic heterocycles. The standard InChI is InChI=1S/C20H15F4N5/c21-15-9-8-14(20(22,23)24)10-16(15)26-11-12-4-6-13(7-5-12)17-2-1-3-18-27-19(25)28-29(17)18/h1-10,26H,11H2,(H2,25,28). The third kappa shape index (κ3) is 3.84. The molecule has 0 aliphatic heterocycles. The highest BCUT2D eigenvalue weighted by molar-refractivity contribution is 5.64. The third-order valence-electron chi connectivity index (χ3n) is 4.40. The molecule has 0 bridgehead atoms. The molecule has 3 N–H and O–H groups in total. The summed E-state index contributed by atoms with van der Waals surface area (Å²) < 4.78 is 53.9. The van der Waals surface area contributed by atoms with Crippen LogP contribution in [0.25, 0.3) is 16.9 Å². The van der Waals surface area contributed by atoms with Gasteiger partial charge in [-0.2, -0.15) is 18.2 Å². The van der Waals surface area contributed by atoms with E-state index in [4.69, 9.17) is 5.73 Å². The normalized spacial score (nSPS) is 11.7. The molecule has 0 aliphatic carbocycles. The summed E-state index contributed by atoms with van der Waals surface area (Å²) in [4.78, 5) is 4.12. The van der Waals surface area contributed by atoms with E-state index in [1.807, 2.05) is 24.3 Å². The summed E-state index contributed by atoms with van der Waals surface area (Å²) in [6.45, 7) is 0.166. The van der Waals surface area contributed by atoms with Gasteiger partial charge in [0, 0.05) is 12.1 Å². The van der Waals surface area contributed by atoms with E-state index < -0.39 is 17.6 Å². The number of alkyl halides is 3. The van der Waals surface area contributed by atoms with Gasteiger partial charge in [-0.25, -0.2) is 8.91 Å². The average Bonchev–Trinajstić information content (AvgIpc) is 3.07. The topological polar surface area (TPSA) is 68.2 Å². The maximum absolute atomic E-state index is 13.8. The number of benzene rings is 2. The third-order valence-corrected chi connectivity index (χ3v) is 4.40. The summed E-state index contributed by atoms with van der Waals surface area (Å²) in [5.41, 5.74) is 7.58. The van der Waals surface area contributed by atoms with E-state index in [0.29, 0.717) is 11.7 Å². The fraction of sp³-hybridized carbons (Fsp3) is 0.100. The van der Waals surface area contributed by atoms with Crippen LogP contribution in [0.15, 0.2) is 60.7 Å². The molecule has 2 aromatic carbocycles. The first-order valence-corrected chi connectivity index (χ1v) is 8.62. The number of anilines is 2. The molecule has 0 saturated carbocycles. The number of aromatic nitrogens is 3. The zero-order valence-electron chi connectivity index (χ0n) is 14.9. The van der Waals surface area contributed by atoms with E-state index in [-0.39, 0.29) is 18.2 Å². The van der Waals surface area contributed by atoms with Crippen molar-refractivity contribution in [1.82, 2.24) is 14.6 Å². The molecule has 0 saturated heterocycles. The van der Waals surface area contributed by atoms with Gasteiger partial charge in [-0.05, 0) is 35.9 Å². The number of fused-ring (bicyclic) bond motifs is 1. The Balaban J connectivity index is 1.53. The fourth-order valence-corrected chi connectivity index (χ4v) is 2.97. The summed E-state index contributed by atoms with van der Waals surface area (Å²) in [6.07, 6.45) is -4.53. The van der Waals surface area contributed by atoms with E-state index in [1.54, 1.807) is 22.7 Å². The second-order valence-electron chi connectivity index (χ2n) is 6.39. The Kier molecular flexibility index (Phi) is 4.57. The van der Waals surface area contributed by atoms with Crippen LogP contribution in [-0.2, 0) is 12.7 Å². The van der Waals surface area contributed by atoms with Crippen molar-refractivity contribution in [3.8, 4) is 11.3 Å². The molecular weight excluding hydrogens is 386 g/mol. The summed E-state index contributed by atoms with van der Waals surface area (Å²) in [6, 6.07) is 15.1. The number of nitrogens with two attached hydrogens (primary N) is 1. The quantitative estimate of drug-likeness (QED) is 0.485. The monoisotopic (exact) mass is 401 g/mol. The summed E-state index contributed by atoms with van der Waals surface area (Å²) >= 11 is 0. The number of hydrogen-bond acceptors (Lipinski definition) is 4. The van der Waals surface area contributed by atoms with Crippen molar-refractivity contribution < 1.29 is 17.6 Å². The van der Waals surface area contributed by atoms with Crippen LogP contribution in [0.4, 0.5) is 29.2 Å². The number of hydrogen-bond donors (Lipinski definition) is 2. The Bertz CT molecular complexity index is 1170. The lowest BCUT2D eigenvalue weighted by molar-refractivity contribution is -0.137. The van der Waals surface area contributed by atoms with Crippen LogP contribution >= 0.6 is 0 Å². The molecule has 0 amide bonds. The SMILES string of the molecule is Nc1nc2cccc(-c3ccc(CNc4cc(C(F)(F)F)ccc4F)cc3)n2n1. The Hall–Kier alpha value is -3.62. The number of halogens is 4. The van der Waals surface area contributed by atoms with Crippen LogP contribution in [-0.4, -0.2) is 14.6 Å². The van der Waals surface area contributed by atoms with Gasteiger partial charge in [-0.3, -0.25) is 0 Å². The van der Waals surface area contributed by atoms with Gasteiger partial charge in [0.25, 0.3) is 0 Å². The van der Waals surface area contributed by atoms with Gasteiger partial charge >= 0.3 is 6.18 Å². The Morgan fingerprint density at radius 1 is 1.00 bits per heavy atom. The predicted molar refractivity (Wildman–Crippen MR) is 102 cm³/mol. The number of nitrogens with zero attached hydrogens (tertiary/aromatic N) is 3. The molecule has 0 fully saturated rings. The summed E-state index contributed by atoms with van der Waals surface area (Å²) in [7, 11) is 0. The minimum Gasteiger partial charge on any atom is -0.379 e. The molecular formula is C20H15F4N5. The van der Waals surface area contributed by atoms with Crippen molar-refractivity contribution in [2.75, 3.05) is 11.1 Å². The van der Waals surface area contributed by atoms with Crippen molar-refractivity contribution in [2.24, 2.45) is 0 Å². The fourth-order valence-electron chi connectivity index (χ4n) is 2.97. The van der Waals surface area contributed by atoms with Crippen molar-refractivity contribution in [3.05, 3.63) is 77.6 Å². The summed E-state index contributed by atoms with van der Waals surface area (Å²) in [5.74, 6) is -0.577. The minimum absolute atomic E-state index is 0.166.